The van der Waals surface area contributed by atoms with Crippen molar-refractivity contribution in [3.63, 3.8) is 0 Å². The number of unbranched alkanes of at least 4 members (excludes halogenated alkanes) is 3. The molecular formula is C14H23N3O. The lowest BCUT2D eigenvalue weighted by molar-refractivity contribution is 0.363. The van der Waals surface area contributed by atoms with Crippen LogP contribution in [-0.4, -0.2) is 35.2 Å². The maximum Gasteiger partial charge on any atom is 0.226 e. The van der Waals surface area contributed by atoms with Gasteiger partial charge in [0.15, 0.2) is 5.82 Å². The first-order valence-corrected chi connectivity index (χ1v) is 7.00. The van der Waals surface area contributed by atoms with Gasteiger partial charge in [0.25, 0.3) is 0 Å². The van der Waals surface area contributed by atoms with Crippen molar-refractivity contribution in [2.75, 3.05) is 20.1 Å². The van der Waals surface area contributed by atoms with E-state index in [-0.39, 0.29) is 0 Å². The van der Waals surface area contributed by atoms with Gasteiger partial charge in [0.1, 0.15) is 0 Å². The third-order valence-corrected chi connectivity index (χ3v) is 3.34. The van der Waals surface area contributed by atoms with Crippen molar-refractivity contribution in [2.45, 2.75) is 45.4 Å². The van der Waals surface area contributed by atoms with Crippen LogP contribution in [0.2, 0.25) is 0 Å². The lowest BCUT2D eigenvalue weighted by Gasteiger charge is -2.20. The largest absolute Gasteiger partial charge is 0.339 e. The molecule has 4 heteroatoms. The highest BCUT2D eigenvalue weighted by molar-refractivity contribution is 5.61. The molecule has 0 bridgehead atoms. The minimum absolute atomic E-state index is 0.784. The minimum atomic E-state index is 0.784. The second-order valence-corrected chi connectivity index (χ2v) is 5.08. The quantitative estimate of drug-likeness (QED) is 0.727. The van der Waals surface area contributed by atoms with E-state index < -0.39 is 0 Å². The Hall–Kier alpha value is -1.16. The smallest absolute Gasteiger partial charge is 0.226 e. The number of nitrogens with zero attached hydrogens (tertiary/aromatic N) is 3. The van der Waals surface area contributed by atoms with E-state index in [1.54, 1.807) is 0 Å². The van der Waals surface area contributed by atoms with Crippen LogP contribution < -0.4 is 0 Å². The van der Waals surface area contributed by atoms with Crippen LogP contribution in [0.1, 0.15) is 50.7 Å². The molecule has 0 saturated heterocycles. The zero-order valence-corrected chi connectivity index (χ0v) is 11.5. The van der Waals surface area contributed by atoms with Crippen LogP contribution >= 0.6 is 0 Å². The van der Waals surface area contributed by atoms with Crippen molar-refractivity contribution in [2.24, 2.45) is 0 Å². The molecule has 1 aliphatic heterocycles. The fourth-order valence-corrected chi connectivity index (χ4v) is 2.25. The highest BCUT2D eigenvalue weighted by Crippen LogP contribution is 2.17. The van der Waals surface area contributed by atoms with E-state index in [2.05, 4.69) is 35.1 Å². The topological polar surface area (TPSA) is 42.2 Å². The highest BCUT2D eigenvalue weighted by Gasteiger charge is 2.15. The molecule has 0 saturated carbocycles. The summed E-state index contributed by atoms with van der Waals surface area (Å²) in [5.74, 6) is 1.57. The molecule has 0 amide bonds. The molecule has 1 aromatic rings. The van der Waals surface area contributed by atoms with Gasteiger partial charge in [-0.1, -0.05) is 37.4 Å². The van der Waals surface area contributed by atoms with E-state index in [4.69, 9.17) is 4.52 Å². The molecular weight excluding hydrogens is 226 g/mol. The Morgan fingerprint density at radius 3 is 3.00 bits per heavy atom. The van der Waals surface area contributed by atoms with Gasteiger partial charge in [-0.25, -0.2) is 0 Å². The van der Waals surface area contributed by atoms with Gasteiger partial charge >= 0.3 is 0 Å². The van der Waals surface area contributed by atoms with Gasteiger partial charge in [-0.2, -0.15) is 4.98 Å². The molecule has 100 valence electrons. The molecule has 2 heterocycles. The van der Waals surface area contributed by atoms with Crippen LogP contribution in [0.25, 0.3) is 5.57 Å². The van der Waals surface area contributed by atoms with Crippen molar-refractivity contribution >= 4 is 5.57 Å². The van der Waals surface area contributed by atoms with Crippen molar-refractivity contribution in [1.29, 1.82) is 0 Å². The zero-order valence-electron chi connectivity index (χ0n) is 11.5. The van der Waals surface area contributed by atoms with Crippen molar-refractivity contribution in [1.82, 2.24) is 15.0 Å². The van der Waals surface area contributed by atoms with Gasteiger partial charge in [-0.05, 0) is 19.9 Å². The summed E-state index contributed by atoms with van der Waals surface area (Å²) in [6, 6.07) is 0. The third kappa shape index (κ3) is 3.67. The second kappa shape index (κ2) is 6.69. The van der Waals surface area contributed by atoms with Crippen LogP contribution in [0.4, 0.5) is 0 Å². The van der Waals surface area contributed by atoms with Crippen LogP contribution in [-0.2, 0) is 6.42 Å². The Bertz CT molecular complexity index is 397. The Balaban J connectivity index is 1.87. The summed E-state index contributed by atoms with van der Waals surface area (Å²) in [6.07, 6.45) is 9.16. The van der Waals surface area contributed by atoms with E-state index >= 15 is 0 Å². The highest BCUT2D eigenvalue weighted by atomic mass is 16.5. The first-order chi connectivity index (χ1) is 8.79. The molecule has 0 aromatic carbocycles. The summed E-state index contributed by atoms with van der Waals surface area (Å²) in [5, 5.41) is 4.09. The Morgan fingerprint density at radius 2 is 2.22 bits per heavy atom. The van der Waals surface area contributed by atoms with E-state index in [1.807, 2.05) is 0 Å². The third-order valence-electron chi connectivity index (χ3n) is 3.34. The van der Waals surface area contributed by atoms with Crippen molar-refractivity contribution in [3.05, 3.63) is 17.8 Å². The van der Waals surface area contributed by atoms with E-state index in [0.717, 1.165) is 44.1 Å². The summed E-state index contributed by atoms with van der Waals surface area (Å²) in [6.45, 7) is 4.26. The molecule has 0 aliphatic carbocycles. The first-order valence-electron chi connectivity index (χ1n) is 7.00. The number of aromatic nitrogens is 2. The maximum atomic E-state index is 5.31. The maximum absolute atomic E-state index is 5.31. The predicted molar refractivity (Wildman–Crippen MR) is 72.2 cm³/mol. The molecule has 0 spiro atoms. The van der Waals surface area contributed by atoms with Gasteiger partial charge in [-0.3, -0.25) is 0 Å². The van der Waals surface area contributed by atoms with Crippen molar-refractivity contribution < 1.29 is 4.52 Å². The summed E-state index contributed by atoms with van der Waals surface area (Å²) in [4.78, 5) is 6.78. The number of hydrogen-bond donors (Lipinski definition) is 0. The van der Waals surface area contributed by atoms with E-state index in [9.17, 15) is 0 Å². The molecule has 18 heavy (non-hydrogen) atoms. The number of hydrogen-bond acceptors (Lipinski definition) is 4. The summed E-state index contributed by atoms with van der Waals surface area (Å²) >= 11 is 0. The van der Waals surface area contributed by atoms with Crippen LogP contribution in [0.5, 0.6) is 0 Å². The van der Waals surface area contributed by atoms with Gasteiger partial charge in [-0.15, -0.1) is 0 Å². The van der Waals surface area contributed by atoms with Crippen molar-refractivity contribution in [3.8, 4) is 0 Å². The van der Waals surface area contributed by atoms with Crippen LogP contribution in [0.3, 0.4) is 0 Å². The SMILES string of the molecule is CCCCCCc1nc(C2=CCCN(C)C2)no1. The minimum Gasteiger partial charge on any atom is -0.339 e. The fraction of sp³-hybridized carbons (Fsp3) is 0.714. The molecule has 1 aliphatic rings. The van der Waals surface area contributed by atoms with E-state index in [1.165, 1.54) is 24.8 Å². The Labute approximate surface area is 109 Å². The average molecular weight is 249 g/mol. The lowest BCUT2D eigenvalue weighted by atomic mass is 10.1. The van der Waals surface area contributed by atoms with Crippen LogP contribution in [0.15, 0.2) is 10.6 Å². The van der Waals surface area contributed by atoms with Gasteiger partial charge < -0.3 is 9.42 Å². The van der Waals surface area contributed by atoms with Gasteiger partial charge in [0, 0.05) is 25.1 Å². The van der Waals surface area contributed by atoms with Crippen LogP contribution in [0, 0.1) is 0 Å². The van der Waals surface area contributed by atoms with Gasteiger partial charge in [0.05, 0.1) is 0 Å². The Morgan fingerprint density at radius 1 is 1.33 bits per heavy atom. The molecule has 0 fully saturated rings. The summed E-state index contributed by atoms with van der Waals surface area (Å²) in [5.41, 5.74) is 1.20. The standard InChI is InChI=1S/C14H23N3O/c1-3-4-5-6-9-13-15-14(16-18-13)12-8-7-10-17(2)11-12/h8H,3-7,9-11H2,1-2H3. The van der Waals surface area contributed by atoms with E-state index in [0.29, 0.717) is 0 Å². The fourth-order valence-electron chi connectivity index (χ4n) is 2.25. The number of aryl methyl sites for hydroxylation is 1. The summed E-state index contributed by atoms with van der Waals surface area (Å²) < 4.78 is 5.31. The molecule has 4 nitrogen and oxygen atoms in total. The predicted octanol–water partition coefficient (Wildman–Crippen LogP) is 2.91. The lowest BCUT2D eigenvalue weighted by Crippen LogP contribution is -2.25. The zero-order chi connectivity index (χ0) is 12.8. The number of rotatable bonds is 6. The summed E-state index contributed by atoms with van der Waals surface area (Å²) in [7, 11) is 2.12. The normalized spacial score (nSPS) is 16.9. The molecule has 1 aromatic heterocycles. The molecule has 0 unspecified atom stereocenters. The Kier molecular flexibility index (Phi) is 4.93. The number of likely N-dealkylation sites (N-methyl/N-ethyl adjacent to an activating group) is 1. The molecule has 2 rings (SSSR count). The van der Waals surface area contributed by atoms with Gasteiger partial charge in [0.2, 0.25) is 5.89 Å². The molecule has 0 radical (unpaired) electrons. The molecule has 0 N–H and O–H groups in total. The molecule has 0 atom stereocenters. The monoisotopic (exact) mass is 249 g/mol. The average Bonchev–Trinajstić information content (AvgIpc) is 2.83. The first kappa shape index (κ1) is 13.3. The second-order valence-electron chi connectivity index (χ2n) is 5.08.